The Morgan fingerprint density at radius 2 is 1.74 bits per heavy atom. The van der Waals surface area contributed by atoms with Crippen LogP contribution in [0.25, 0.3) is 0 Å². The fourth-order valence-electron chi connectivity index (χ4n) is 5.22. The average Bonchev–Trinajstić information content (AvgIpc) is 3.47. The molecule has 174 valence electrons. The number of amides is 1. The number of nitrogens with zero attached hydrogens (tertiary/aromatic N) is 3. The van der Waals surface area contributed by atoms with Crippen LogP contribution in [0.5, 0.6) is 0 Å². The van der Waals surface area contributed by atoms with Gasteiger partial charge in [0.05, 0.1) is 18.1 Å². The fourth-order valence-corrected chi connectivity index (χ4v) is 5.22. The van der Waals surface area contributed by atoms with Gasteiger partial charge >= 0.3 is 0 Å². The summed E-state index contributed by atoms with van der Waals surface area (Å²) in [6.07, 6.45) is 3.46. The van der Waals surface area contributed by atoms with Crippen molar-refractivity contribution in [3.05, 3.63) is 113 Å². The van der Waals surface area contributed by atoms with Crippen LogP contribution < -0.4 is 15.2 Å². The molecule has 0 spiro atoms. The number of hydrogen-bond acceptors (Lipinski definition) is 5. The third kappa shape index (κ3) is 3.72. The van der Waals surface area contributed by atoms with Gasteiger partial charge in [-0.3, -0.25) is 14.6 Å². The molecule has 1 aliphatic carbocycles. The average molecular weight is 463 g/mol. The minimum absolute atomic E-state index is 0.145. The molecule has 3 aromatic carbocycles. The number of allylic oxidation sites excluding steroid dienone is 2. The summed E-state index contributed by atoms with van der Waals surface area (Å²) in [5.41, 5.74) is 6.11. The number of fused-ring (bicyclic) bond motifs is 3. The van der Waals surface area contributed by atoms with Crippen molar-refractivity contribution >= 4 is 28.8 Å². The van der Waals surface area contributed by atoms with Crippen molar-refractivity contribution in [2.75, 3.05) is 35.0 Å². The molecule has 2 aliphatic heterocycles. The van der Waals surface area contributed by atoms with Crippen molar-refractivity contribution in [2.24, 2.45) is 0 Å². The normalized spacial score (nSPS) is 19.2. The van der Waals surface area contributed by atoms with E-state index in [4.69, 9.17) is 0 Å². The van der Waals surface area contributed by atoms with E-state index in [0.29, 0.717) is 12.4 Å². The van der Waals surface area contributed by atoms with E-state index in [0.717, 1.165) is 30.0 Å². The predicted octanol–water partition coefficient (Wildman–Crippen LogP) is 4.63. The maximum absolute atomic E-state index is 13.5. The zero-order valence-corrected chi connectivity index (χ0v) is 19.5. The molecule has 1 fully saturated rings. The van der Waals surface area contributed by atoms with Crippen molar-refractivity contribution in [3.8, 4) is 0 Å². The number of anilines is 3. The van der Waals surface area contributed by atoms with Gasteiger partial charge in [0, 0.05) is 30.4 Å². The molecule has 0 radical (unpaired) electrons. The Bertz CT molecular complexity index is 1380. The summed E-state index contributed by atoms with van der Waals surface area (Å²) in [5, 5.41) is 7.27. The second-order valence-corrected chi connectivity index (χ2v) is 9.13. The van der Waals surface area contributed by atoms with Crippen LogP contribution in [0.4, 0.5) is 17.1 Å². The summed E-state index contributed by atoms with van der Waals surface area (Å²) >= 11 is 0. The Labute approximate surface area is 204 Å². The number of aryl methyl sites for hydroxylation is 1. The first-order valence-corrected chi connectivity index (χ1v) is 11.9. The summed E-state index contributed by atoms with van der Waals surface area (Å²) in [5.74, 6) is -0.788. The first kappa shape index (κ1) is 21.4. The van der Waals surface area contributed by atoms with Crippen LogP contribution in [0.1, 0.15) is 17.0 Å². The number of para-hydroxylation sites is 2. The molecule has 35 heavy (non-hydrogen) atoms. The van der Waals surface area contributed by atoms with E-state index in [9.17, 15) is 9.59 Å². The fraction of sp³-hybridized carbons (Fsp3) is 0.172. The molecule has 1 atom stereocenters. The first-order valence-electron chi connectivity index (χ1n) is 11.9. The zero-order chi connectivity index (χ0) is 23.9. The third-order valence-corrected chi connectivity index (χ3v) is 6.84. The lowest BCUT2D eigenvalue weighted by molar-refractivity contribution is -0.117. The minimum atomic E-state index is -0.377. The van der Waals surface area contributed by atoms with E-state index >= 15 is 0 Å². The van der Waals surface area contributed by atoms with Gasteiger partial charge in [-0.1, -0.05) is 54.6 Å². The summed E-state index contributed by atoms with van der Waals surface area (Å²) in [7, 11) is 0. The molecule has 1 saturated heterocycles. The van der Waals surface area contributed by atoms with Gasteiger partial charge in [-0.2, -0.15) is 5.01 Å². The number of nitrogens with one attached hydrogen (secondary N) is 1. The number of rotatable bonds is 4. The van der Waals surface area contributed by atoms with E-state index in [1.165, 1.54) is 17.3 Å². The van der Waals surface area contributed by atoms with Crippen molar-refractivity contribution < 1.29 is 9.59 Å². The molecular weight excluding hydrogens is 436 g/mol. The number of hydrogen-bond donors (Lipinski definition) is 1. The molecule has 1 amide bonds. The molecule has 6 heteroatoms. The number of carbonyl (C=O) groups excluding carboxylic acids is 2. The summed E-state index contributed by atoms with van der Waals surface area (Å²) < 4.78 is 0. The molecule has 3 aliphatic rings. The highest BCUT2D eigenvalue weighted by Crippen LogP contribution is 2.48. The van der Waals surface area contributed by atoms with Crippen molar-refractivity contribution in [3.63, 3.8) is 0 Å². The summed E-state index contributed by atoms with van der Waals surface area (Å²) in [4.78, 5) is 28.9. The topological polar surface area (TPSA) is 55.9 Å². The van der Waals surface area contributed by atoms with Gasteiger partial charge < -0.3 is 10.2 Å². The monoisotopic (exact) mass is 462 g/mol. The van der Waals surface area contributed by atoms with Gasteiger partial charge in [0.1, 0.15) is 5.57 Å². The Balaban J connectivity index is 1.40. The smallest absolute Gasteiger partial charge is 0.261 e. The number of carbonyl (C=O) groups is 2. The molecule has 3 aromatic rings. The van der Waals surface area contributed by atoms with Crippen LogP contribution in [0.2, 0.25) is 0 Å². The second-order valence-electron chi connectivity index (χ2n) is 9.13. The molecule has 6 nitrogen and oxygen atoms in total. The zero-order valence-electron chi connectivity index (χ0n) is 19.5. The van der Waals surface area contributed by atoms with Crippen LogP contribution in [0.3, 0.4) is 0 Å². The second kappa shape index (κ2) is 8.56. The van der Waals surface area contributed by atoms with Crippen molar-refractivity contribution in [1.82, 2.24) is 5.01 Å². The van der Waals surface area contributed by atoms with Crippen LogP contribution in [0, 0.1) is 6.92 Å². The predicted molar refractivity (Wildman–Crippen MR) is 138 cm³/mol. The molecule has 1 unspecified atom stereocenters. The lowest BCUT2D eigenvalue weighted by Crippen LogP contribution is -2.43. The van der Waals surface area contributed by atoms with Gasteiger partial charge in [0.15, 0.2) is 5.78 Å². The SMILES string of the molecule is Cc1cccc(N2CCN(N3C4=C(C(=O)Nc5ccccc5)C(=O)C=CC4c4ccccc43)C2)c1. The van der Waals surface area contributed by atoms with Crippen LogP contribution in [-0.4, -0.2) is 36.5 Å². The summed E-state index contributed by atoms with van der Waals surface area (Å²) in [6.45, 7) is 4.40. The van der Waals surface area contributed by atoms with Crippen molar-refractivity contribution in [1.29, 1.82) is 0 Å². The lowest BCUT2D eigenvalue weighted by atomic mass is 9.89. The highest BCUT2D eigenvalue weighted by atomic mass is 16.2. The van der Waals surface area contributed by atoms with Crippen LogP contribution >= 0.6 is 0 Å². The molecule has 0 aromatic heterocycles. The quantitative estimate of drug-likeness (QED) is 0.573. The number of ketones is 1. The molecule has 0 bridgehead atoms. The Hall–Kier alpha value is -4.16. The number of hydrazine groups is 1. The largest absolute Gasteiger partial charge is 0.355 e. The first-order chi connectivity index (χ1) is 17.1. The van der Waals surface area contributed by atoms with E-state index in [1.807, 2.05) is 48.5 Å². The molecule has 0 saturated carbocycles. The van der Waals surface area contributed by atoms with Gasteiger partial charge in [-0.25, -0.2) is 0 Å². The Morgan fingerprint density at radius 3 is 2.57 bits per heavy atom. The highest BCUT2D eigenvalue weighted by molar-refractivity contribution is 6.28. The molecule has 2 heterocycles. The van der Waals surface area contributed by atoms with Gasteiger partial charge in [0.2, 0.25) is 0 Å². The molecular formula is C29H26N4O2. The molecule has 1 N–H and O–H groups in total. The van der Waals surface area contributed by atoms with Crippen LogP contribution in [0.15, 0.2) is 102 Å². The summed E-state index contributed by atoms with van der Waals surface area (Å²) in [6, 6.07) is 25.9. The minimum Gasteiger partial charge on any atom is -0.355 e. The van der Waals surface area contributed by atoms with Gasteiger partial charge in [0.25, 0.3) is 5.91 Å². The van der Waals surface area contributed by atoms with E-state index < -0.39 is 0 Å². The van der Waals surface area contributed by atoms with Crippen LogP contribution in [-0.2, 0) is 9.59 Å². The lowest BCUT2D eigenvalue weighted by Gasteiger charge is -2.34. The number of benzene rings is 3. The van der Waals surface area contributed by atoms with Gasteiger partial charge in [-0.15, -0.1) is 0 Å². The maximum atomic E-state index is 13.5. The Morgan fingerprint density at radius 1 is 0.943 bits per heavy atom. The molecule has 6 rings (SSSR count). The maximum Gasteiger partial charge on any atom is 0.261 e. The third-order valence-electron chi connectivity index (χ3n) is 6.84. The highest BCUT2D eigenvalue weighted by Gasteiger charge is 2.43. The Kier molecular flexibility index (Phi) is 5.23. The van der Waals surface area contributed by atoms with E-state index in [1.54, 1.807) is 0 Å². The van der Waals surface area contributed by atoms with E-state index in [2.05, 4.69) is 63.6 Å². The van der Waals surface area contributed by atoms with E-state index in [-0.39, 0.29) is 23.2 Å². The standard InChI is InChI=1S/C29H26N4O2/c1-20-8-7-11-22(18-20)31-16-17-32(19-31)33-25-13-6-5-12-23(25)24-14-15-26(34)27(28(24)33)29(35)30-21-9-3-2-4-10-21/h2-15,18,24H,16-17,19H2,1H3,(H,30,35). The van der Waals surface area contributed by atoms with Gasteiger partial charge in [-0.05, 0) is 54.5 Å². The van der Waals surface area contributed by atoms with Crippen molar-refractivity contribution in [2.45, 2.75) is 12.8 Å².